The van der Waals surface area contributed by atoms with Crippen LogP contribution < -0.4 is 19.5 Å². The van der Waals surface area contributed by atoms with Crippen LogP contribution in [0.3, 0.4) is 0 Å². The summed E-state index contributed by atoms with van der Waals surface area (Å²) in [4.78, 5) is 24.2. The van der Waals surface area contributed by atoms with Gasteiger partial charge in [-0.2, -0.15) is 0 Å². The van der Waals surface area contributed by atoms with Crippen molar-refractivity contribution in [3.63, 3.8) is 0 Å². The van der Waals surface area contributed by atoms with E-state index in [9.17, 15) is 9.59 Å². The molecule has 0 aromatic heterocycles. The number of carbonyl (C=O) groups excluding carboxylic acids is 2. The molecule has 158 valence electrons. The van der Waals surface area contributed by atoms with Gasteiger partial charge in [-0.25, -0.2) is 4.79 Å². The standard InChI is InChI=1S/C23H25NO6/c1-16(23(26)24-12-11-17-3-7-19(27-2)8-4-17)30-22(25)10-6-18-5-9-20-21(15-18)29-14-13-28-20/h3-10,15-16H,11-14H2,1-2H3,(H,24,26)/b10-6+/t16-/m1/s1. The normalized spacial score (nSPS) is 13.5. The SMILES string of the molecule is COc1ccc(CCNC(=O)[C@@H](C)OC(=O)/C=C/c2ccc3c(c2)OCCO3)cc1. The number of hydrogen-bond donors (Lipinski definition) is 1. The first kappa shape index (κ1) is 21.2. The number of ether oxygens (including phenoxy) is 4. The Morgan fingerprint density at radius 1 is 1.10 bits per heavy atom. The molecule has 3 rings (SSSR count). The summed E-state index contributed by atoms with van der Waals surface area (Å²) >= 11 is 0. The number of rotatable bonds is 8. The van der Waals surface area contributed by atoms with Gasteiger partial charge in [-0.3, -0.25) is 4.79 Å². The van der Waals surface area contributed by atoms with E-state index in [4.69, 9.17) is 18.9 Å². The number of fused-ring (bicyclic) bond motifs is 1. The van der Waals surface area contributed by atoms with Crippen LogP contribution in [0.25, 0.3) is 6.08 Å². The lowest BCUT2D eigenvalue weighted by Gasteiger charge is -2.18. The van der Waals surface area contributed by atoms with E-state index in [0.717, 1.165) is 16.9 Å². The van der Waals surface area contributed by atoms with Crippen LogP contribution in [0.4, 0.5) is 0 Å². The lowest BCUT2D eigenvalue weighted by atomic mass is 10.1. The third-order valence-corrected chi connectivity index (χ3v) is 4.51. The number of nitrogens with one attached hydrogen (secondary N) is 1. The molecular weight excluding hydrogens is 386 g/mol. The second-order valence-corrected chi connectivity index (χ2v) is 6.70. The van der Waals surface area contributed by atoms with E-state index in [2.05, 4.69) is 5.32 Å². The second kappa shape index (κ2) is 10.3. The van der Waals surface area contributed by atoms with Gasteiger partial charge in [0.15, 0.2) is 17.6 Å². The minimum absolute atomic E-state index is 0.343. The molecule has 2 aromatic rings. The number of methoxy groups -OCH3 is 1. The van der Waals surface area contributed by atoms with Crippen molar-refractivity contribution in [3.05, 3.63) is 59.7 Å². The van der Waals surface area contributed by atoms with Crippen molar-refractivity contribution in [2.75, 3.05) is 26.9 Å². The van der Waals surface area contributed by atoms with Gasteiger partial charge in [0.1, 0.15) is 19.0 Å². The highest BCUT2D eigenvalue weighted by Crippen LogP contribution is 2.31. The maximum absolute atomic E-state index is 12.1. The average molecular weight is 411 g/mol. The van der Waals surface area contributed by atoms with Crippen LogP contribution in [0.15, 0.2) is 48.5 Å². The maximum atomic E-state index is 12.1. The third-order valence-electron chi connectivity index (χ3n) is 4.51. The van der Waals surface area contributed by atoms with Gasteiger partial charge in [-0.05, 0) is 54.8 Å². The minimum Gasteiger partial charge on any atom is -0.497 e. The molecule has 0 unspecified atom stereocenters. The Balaban J connectivity index is 1.42. The van der Waals surface area contributed by atoms with Crippen LogP contribution >= 0.6 is 0 Å². The molecule has 30 heavy (non-hydrogen) atoms. The highest BCUT2D eigenvalue weighted by molar-refractivity contribution is 5.90. The van der Waals surface area contributed by atoms with Crippen LogP contribution in [0.1, 0.15) is 18.1 Å². The van der Waals surface area contributed by atoms with Crippen LogP contribution in [-0.2, 0) is 20.7 Å². The molecule has 1 amide bonds. The van der Waals surface area contributed by atoms with Gasteiger partial charge < -0.3 is 24.3 Å². The van der Waals surface area contributed by atoms with Crippen molar-refractivity contribution in [2.24, 2.45) is 0 Å². The molecule has 0 bridgehead atoms. The van der Waals surface area contributed by atoms with Gasteiger partial charge in [0.05, 0.1) is 7.11 Å². The first-order chi connectivity index (χ1) is 14.5. The van der Waals surface area contributed by atoms with Gasteiger partial charge >= 0.3 is 5.97 Å². The topological polar surface area (TPSA) is 83.1 Å². The minimum atomic E-state index is -0.890. The summed E-state index contributed by atoms with van der Waals surface area (Å²) < 4.78 is 21.3. The fourth-order valence-electron chi connectivity index (χ4n) is 2.86. The molecule has 0 aliphatic carbocycles. The van der Waals surface area contributed by atoms with Crippen molar-refractivity contribution in [2.45, 2.75) is 19.4 Å². The lowest BCUT2D eigenvalue weighted by molar-refractivity contribution is -0.150. The summed E-state index contributed by atoms with van der Waals surface area (Å²) in [6, 6.07) is 13.0. The summed E-state index contributed by atoms with van der Waals surface area (Å²) in [7, 11) is 1.61. The Morgan fingerprint density at radius 2 is 1.83 bits per heavy atom. The summed E-state index contributed by atoms with van der Waals surface area (Å²) in [5.41, 5.74) is 1.84. The Hall–Kier alpha value is -3.48. The molecular formula is C23H25NO6. The van der Waals surface area contributed by atoms with E-state index in [-0.39, 0.29) is 5.91 Å². The largest absolute Gasteiger partial charge is 0.497 e. The molecule has 1 N–H and O–H groups in total. The van der Waals surface area contributed by atoms with Crippen LogP contribution in [0, 0.1) is 0 Å². The van der Waals surface area contributed by atoms with Gasteiger partial charge in [-0.1, -0.05) is 18.2 Å². The molecule has 0 spiro atoms. The van der Waals surface area contributed by atoms with E-state index in [1.807, 2.05) is 30.3 Å². The fraction of sp³-hybridized carbons (Fsp3) is 0.304. The van der Waals surface area contributed by atoms with E-state index in [1.54, 1.807) is 32.2 Å². The summed E-state index contributed by atoms with van der Waals surface area (Å²) in [6.07, 6.45) is 2.67. The molecule has 0 fully saturated rings. The molecule has 1 aliphatic rings. The quantitative estimate of drug-likeness (QED) is 0.531. The van der Waals surface area contributed by atoms with E-state index in [0.29, 0.717) is 37.7 Å². The number of carbonyl (C=O) groups is 2. The van der Waals surface area contributed by atoms with E-state index in [1.165, 1.54) is 6.08 Å². The Bertz CT molecular complexity index is 906. The molecule has 2 aromatic carbocycles. The smallest absolute Gasteiger partial charge is 0.331 e. The van der Waals surface area contributed by atoms with Gasteiger partial charge in [0.2, 0.25) is 0 Å². The first-order valence-electron chi connectivity index (χ1n) is 9.74. The molecule has 0 saturated carbocycles. The predicted molar refractivity (Wildman–Crippen MR) is 112 cm³/mol. The zero-order chi connectivity index (χ0) is 21.3. The van der Waals surface area contributed by atoms with Crippen molar-refractivity contribution in [1.82, 2.24) is 5.32 Å². The molecule has 7 nitrogen and oxygen atoms in total. The van der Waals surface area contributed by atoms with Crippen molar-refractivity contribution < 1.29 is 28.5 Å². The molecule has 0 saturated heterocycles. The van der Waals surface area contributed by atoms with E-state index >= 15 is 0 Å². The highest BCUT2D eigenvalue weighted by Gasteiger charge is 2.16. The predicted octanol–water partition coefficient (Wildman–Crippen LogP) is 2.77. The van der Waals surface area contributed by atoms with Crippen LogP contribution in [0.2, 0.25) is 0 Å². The Kier molecular flexibility index (Phi) is 7.32. The van der Waals surface area contributed by atoms with Crippen molar-refractivity contribution in [3.8, 4) is 17.2 Å². The lowest BCUT2D eigenvalue weighted by Crippen LogP contribution is -2.36. The molecule has 7 heteroatoms. The summed E-state index contributed by atoms with van der Waals surface area (Å²) in [5, 5.41) is 2.77. The fourth-order valence-corrected chi connectivity index (χ4v) is 2.86. The van der Waals surface area contributed by atoms with Crippen LogP contribution in [0.5, 0.6) is 17.2 Å². The number of amides is 1. The maximum Gasteiger partial charge on any atom is 0.331 e. The summed E-state index contributed by atoms with van der Waals surface area (Å²) in [6.45, 7) is 3.00. The summed E-state index contributed by atoms with van der Waals surface area (Å²) in [5.74, 6) is 1.17. The molecule has 1 atom stereocenters. The molecule has 1 heterocycles. The molecule has 0 radical (unpaired) electrons. The monoisotopic (exact) mass is 411 g/mol. The Morgan fingerprint density at radius 3 is 2.57 bits per heavy atom. The average Bonchev–Trinajstić information content (AvgIpc) is 2.78. The Labute approximate surface area is 175 Å². The number of esters is 1. The van der Waals surface area contributed by atoms with Gasteiger partial charge in [-0.15, -0.1) is 0 Å². The zero-order valence-electron chi connectivity index (χ0n) is 17.1. The zero-order valence-corrected chi connectivity index (χ0v) is 17.1. The number of benzene rings is 2. The van der Waals surface area contributed by atoms with Crippen molar-refractivity contribution >= 4 is 18.0 Å². The first-order valence-corrected chi connectivity index (χ1v) is 9.74. The van der Waals surface area contributed by atoms with Crippen LogP contribution in [-0.4, -0.2) is 44.8 Å². The number of hydrogen-bond acceptors (Lipinski definition) is 6. The molecule has 1 aliphatic heterocycles. The highest BCUT2D eigenvalue weighted by atomic mass is 16.6. The van der Waals surface area contributed by atoms with Gasteiger partial charge in [0, 0.05) is 12.6 Å². The van der Waals surface area contributed by atoms with Gasteiger partial charge in [0.25, 0.3) is 5.91 Å². The van der Waals surface area contributed by atoms with E-state index < -0.39 is 12.1 Å². The third kappa shape index (κ3) is 6.01. The van der Waals surface area contributed by atoms with Crippen molar-refractivity contribution in [1.29, 1.82) is 0 Å². The second-order valence-electron chi connectivity index (χ2n) is 6.70.